The summed E-state index contributed by atoms with van der Waals surface area (Å²) in [5.74, 6) is -1.39. The quantitative estimate of drug-likeness (QED) is 0.497. The minimum absolute atomic E-state index is 0.0336. The average molecular weight is 461 g/mol. The lowest BCUT2D eigenvalue weighted by Gasteiger charge is -2.48. The Balaban J connectivity index is 1.71. The lowest BCUT2D eigenvalue weighted by atomic mass is 9.79. The van der Waals surface area contributed by atoms with Gasteiger partial charge < -0.3 is 19.9 Å². The van der Waals surface area contributed by atoms with Crippen LogP contribution in [0, 0.1) is 0 Å². The summed E-state index contributed by atoms with van der Waals surface area (Å²) in [6.45, 7) is 13.7. The third-order valence-electron chi connectivity index (χ3n) is 5.80. The second kappa shape index (κ2) is 8.81. The van der Waals surface area contributed by atoms with E-state index in [-0.39, 0.29) is 53.3 Å². The minimum Gasteiger partial charge on any atom is -0.459 e. The van der Waals surface area contributed by atoms with Crippen molar-refractivity contribution >= 4 is 17.8 Å². The van der Waals surface area contributed by atoms with Gasteiger partial charge in [-0.1, -0.05) is 0 Å². The Morgan fingerprint density at radius 3 is 2.24 bits per heavy atom. The van der Waals surface area contributed by atoms with Crippen LogP contribution in [0.4, 0.5) is 0 Å². The number of hydrogen-bond acceptors (Lipinski definition) is 7. The summed E-state index contributed by atoms with van der Waals surface area (Å²) >= 11 is 0. The Kier molecular flexibility index (Phi) is 6.77. The van der Waals surface area contributed by atoms with Crippen molar-refractivity contribution in [1.29, 1.82) is 0 Å². The van der Waals surface area contributed by atoms with Gasteiger partial charge in [0.1, 0.15) is 12.7 Å². The maximum atomic E-state index is 13.2. The molecule has 0 aliphatic carbocycles. The van der Waals surface area contributed by atoms with Gasteiger partial charge in [0.05, 0.1) is 28.9 Å². The van der Waals surface area contributed by atoms with Gasteiger partial charge in [-0.3, -0.25) is 14.5 Å². The molecule has 2 N–H and O–H groups in total. The van der Waals surface area contributed by atoms with Gasteiger partial charge in [-0.25, -0.2) is 4.79 Å². The van der Waals surface area contributed by atoms with Gasteiger partial charge in [-0.05, 0) is 79.5 Å². The molecule has 3 rings (SSSR count). The summed E-state index contributed by atoms with van der Waals surface area (Å²) < 4.78 is 10.7. The maximum absolute atomic E-state index is 13.2. The molecule has 0 bridgehead atoms. The van der Waals surface area contributed by atoms with Crippen molar-refractivity contribution in [3.05, 3.63) is 34.9 Å². The molecule has 0 radical (unpaired) electrons. The van der Waals surface area contributed by atoms with Crippen LogP contribution in [0.25, 0.3) is 0 Å². The summed E-state index contributed by atoms with van der Waals surface area (Å²) in [5, 5.41) is 13.6. The van der Waals surface area contributed by atoms with Crippen molar-refractivity contribution in [1.82, 2.24) is 10.2 Å². The molecule has 2 amide bonds. The molecule has 33 heavy (non-hydrogen) atoms. The third-order valence-corrected chi connectivity index (χ3v) is 5.80. The Labute approximate surface area is 195 Å². The SMILES string of the molecule is CC1(C)CC(N2C(=O)c3ccc(C(=O)OCC(O)COC(C)(C)C)cc3C2=O)CC(C)(C)N1. The zero-order chi connectivity index (χ0) is 24.8. The van der Waals surface area contributed by atoms with E-state index in [1.54, 1.807) is 0 Å². The summed E-state index contributed by atoms with van der Waals surface area (Å²) in [5.41, 5.74) is -0.207. The van der Waals surface area contributed by atoms with Gasteiger partial charge in [0, 0.05) is 17.1 Å². The van der Waals surface area contributed by atoms with Crippen LogP contribution in [0.1, 0.15) is 92.4 Å². The Bertz CT molecular complexity index is 931. The molecule has 1 aromatic carbocycles. The minimum atomic E-state index is -0.965. The number of benzene rings is 1. The van der Waals surface area contributed by atoms with E-state index in [0.29, 0.717) is 18.4 Å². The molecule has 1 aromatic rings. The van der Waals surface area contributed by atoms with Gasteiger partial charge in [-0.2, -0.15) is 0 Å². The number of rotatable bonds is 6. The molecule has 0 saturated carbocycles. The predicted octanol–water partition coefficient (Wildman–Crippen LogP) is 2.92. The topological polar surface area (TPSA) is 105 Å². The molecule has 182 valence electrons. The number of esters is 1. The second-order valence-corrected chi connectivity index (χ2v) is 11.4. The van der Waals surface area contributed by atoms with Gasteiger partial charge in [0.2, 0.25) is 0 Å². The van der Waals surface area contributed by atoms with Gasteiger partial charge in [0.15, 0.2) is 0 Å². The average Bonchev–Trinajstić information content (AvgIpc) is 2.91. The van der Waals surface area contributed by atoms with E-state index < -0.39 is 17.7 Å². The molecule has 8 nitrogen and oxygen atoms in total. The second-order valence-electron chi connectivity index (χ2n) is 11.4. The first kappa shape index (κ1) is 25.3. The van der Waals surface area contributed by atoms with E-state index in [4.69, 9.17) is 9.47 Å². The van der Waals surface area contributed by atoms with Gasteiger partial charge in [-0.15, -0.1) is 0 Å². The number of carbonyl (C=O) groups is 3. The smallest absolute Gasteiger partial charge is 0.338 e. The molecule has 2 heterocycles. The fraction of sp³-hybridized carbons (Fsp3) is 0.640. The third kappa shape index (κ3) is 5.99. The Morgan fingerprint density at radius 1 is 1.09 bits per heavy atom. The number of aliphatic hydroxyl groups is 1. The lowest BCUT2D eigenvalue weighted by molar-refractivity contribution is -0.0647. The molecule has 0 aromatic heterocycles. The molecule has 1 atom stereocenters. The Morgan fingerprint density at radius 2 is 1.67 bits per heavy atom. The van der Waals surface area contributed by atoms with Crippen molar-refractivity contribution in [2.45, 2.75) is 90.1 Å². The summed E-state index contributed by atoms with van der Waals surface area (Å²) in [4.78, 5) is 40.2. The fourth-order valence-electron chi connectivity index (χ4n) is 4.82. The predicted molar refractivity (Wildman–Crippen MR) is 123 cm³/mol. The lowest BCUT2D eigenvalue weighted by Crippen LogP contribution is -2.62. The first-order chi connectivity index (χ1) is 15.1. The fourth-order valence-corrected chi connectivity index (χ4v) is 4.82. The van der Waals surface area contributed by atoms with E-state index in [1.807, 2.05) is 20.8 Å². The number of nitrogens with zero attached hydrogens (tertiary/aromatic N) is 1. The summed E-state index contributed by atoms with van der Waals surface area (Å²) in [7, 11) is 0. The first-order valence-electron chi connectivity index (χ1n) is 11.4. The highest BCUT2D eigenvalue weighted by Crippen LogP contribution is 2.36. The monoisotopic (exact) mass is 460 g/mol. The molecular weight excluding hydrogens is 424 g/mol. The van der Waals surface area contributed by atoms with Crippen LogP contribution in [0.15, 0.2) is 18.2 Å². The molecule has 1 unspecified atom stereocenters. The van der Waals surface area contributed by atoms with Crippen LogP contribution in [0.2, 0.25) is 0 Å². The van der Waals surface area contributed by atoms with Crippen LogP contribution in [-0.2, 0) is 9.47 Å². The molecule has 1 saturated heterocycles. The van der Waals surface area contributed by atoms with Crippen LogP contribution in [0.3, 0.4) is 0 Å². The highest BCUT2D eigenvalue weighted by molar-refractivity contribution is 6.22. The number of fused-ring (bicyclic) bond motifs is 1. The number of ether oxygens (including phenoxy) is 2. The normalized spacial score (nSPS) is 21.2. The van der Waals surface area contributed by atoms with E-state index in [1.165, 1.54) is 23.1 Å². The highest BCUT2D eigenvalue weighted by Gasteiger charge is 2.47. The molecular formula is C25H36N2O6. The molecule has 2 aliphatic rings. The number of piperidine rings is 1. The zero-order valence-corrected chi connectivity index (χ0v) is 20.7. The van der Waals surface area contributed by atoms with Crippen molar-refractivity contribution in [3.63, 3.8) is 0 Å². The zero-order valence-electron chi connectivity index (χ0n) is 20.7. The molecule has 0 spiro atoms. The standard InChI is InChI=1S/C25H36N2O6/c1-23(2,3)33-14-17(28)13-32-22(31)15-8-9-18-19(10-15)21(30)27(20(18)29)16-11-24(4,5)26-25(6,7)12-16/h8-10,16-17,26,28H,11-14H2,1-7H3. The van der Waals surface area contributed by atoms with Crippen LogP contribution in [0.5, 0.6) is 0 Å². The maximum Gasteiger partial charge on any atom is 0.338 e. The van der Waals surface area contributed by atoms with E-state index in [0.717, 1.165) is 0 Å². The van der Waals surface area contributed by atoms with Crippen molar-refractivity contribution in [3.8, 4) is 0 Å². The number of aliphatic hydroxyl groups excluding tert-OH is 1. The van der Waals surface area contributed by atoms with Crippen molar-refractivity contribution in [2.24, 2.45) is 0 Å². The number of imide groups is 1. The first-order valence-corrected chi connectivity index (χ1v) is 11.4. The van der Waals surface area contributed by atoms with Crippen molar-refractivity contribution < 1.29 is 29.0 Å². The largest absolute Gasteiger partial charge is 0.459 e. The molecule has 8 heteroatoms. The van der Waals surface area contributed by atoms with E-state index in [9.17, 15) is 19.5 Å². The molecule has 2 aliphatic heterocycles. The van der Waals surface area contributed by atoms with Crippen LogP contribution in [-0.4, -0.2) is 69.8 Å². The van der Waals surface area contributed by atoms with E-state index in [2.05, 4.69) is 33.0 Å². The van der Waals surface area contributed by atoms with Crippen LogP contribution < -0.4 is 5.32 Å². The Hall–Kier alpha value is -2.29. The van der Waals surface area contributed by atoms with Gasteiger partial charge >= 0.3 is 5.97 Å². The number of hydrogen-bond donors (Lipinski definition) is 2. The number of amides is 2. The molecule has 1 fully saturated rings. The van der Waals surface area contributed by atoms with Crippen molar-refractivity contribution in [2.75, 3.05) is 13.2 Å². The van der Waals surface area contributed by atoms with E-state index >= 15 is 0 Å². The summed E-state index contributed by atoms with van der Waals surface area (Å²) in [6.07, 6.45) is 0.323. The highest BCUT2D eigenvalue weighted by atomic mass is 16.6. The number of nitrogens with one attached hydrogen (secondary N) is 1. The van der Waals surface area contributed by atoms with Crippen LogP contribution >= 0.6 is 0 Å². The summed E-state index contributed by atoms with van der Waals surface area (Å²) in [6, 6.07) is 4.15. The number of carbonyl (C=O) groups excluding carboxylic acids is 3. The van der Waals surface area contributed by atoms with Gasteiger partial charge in [0.25, 0.3) is 11.8 Å².